The molecule has 24 heavy (non-hydrogen) atoms. The topological polar surface area (TPSA) is 28.2 Å². The van der Waals surface area contributed by atoms with Gasteiger partial charge in [0.2, 0.25) is 0 Å². The Bertz CT molecular complexity index is 548. The van der Waals surface area contributed by atoms with Gasteiger partial charge in [-0.1, -0.05) is 30.3 Å². The SMILES string of the molecule is c1ccc(CC2CCN(CCCCNCc3cscn3)CC2)cc1. The van der Waals surface area contributed by atoms with Gasteiger partial charge in [-0.05, 0) is 69.8 Å². The Kier molecular flexibility index (Phi) is 7.27. The van der Waals surface area contributed by atoms with E-state index in [2.05, 4.69) is 50.9 Å². The van der Waals surface area contributed by atoms with Crippen LogP contribution >= 0.6 is 11.3 Å². The normalized spacial score (nSPS) is 16.5. The van der Waals surface area contributed by atoms with Gasteiger partial charge >= 0.3 is 0 Å². The molecular weight excluding hydrogens is 314 g/mol. The molecule has 2 heterocycles. The van der Waals surface area contributed by atoms with E-state index in [9.17, 15) is 0 Å². The van der Waals surface area contributed by atoms with Gasteiger partial charge in [-0.25, -0.2) is 4.98 Å². The Balaban J connectivity index is 1.22. The first-order valence-corrected chi connectivity index (χ1v) is 10.2. The van der Waals surface area contributed by atoms with E-state index in [1.165, 1.54) is 63.0 Å². The highest BCUT2D eigenvalue weighted by molar-refractivity contribution is 7.07. The zero-order chi connectivity index (χ0) is 16.5. The lowest BCUT2D eigenvalue weighted by atomic mass is 9.90. The van der Waals surface area contributed by atoms with Crippen LogP contribution in [0, 0.1) is 5.92 Å². The van der Waals surface area contributed by atoms with Gasteiger partial charge < -0.3 is 10.2 Å². The molecule has 1 saturated heterocycles. The fourth-order valence-electron chi connectivity index (χ4n) is 3.49. The zero-order valence-electron chi connectivity index (χ0n) is 14.5. The molecule has 0 atom stereocenters. The summed E-state index contributed by atoms with van der Waals surface area (Å²) in [7, 11) is 0. The van der Waals surface area contributed by atoms with Crippen molar-refractivity contribution in [2.24, 2.45) is 5.92 Å². The van der Waals surface area contributed by atoms with Gasteiger partial charge in [0.25, 0.3) is 0 Å². The molecule has 0 unspecified atom stereocenters. The largest absolute Gasteiger partial charge is 0.311 e. The van der Waals surface area contributed by atoms with Crippen LogP contribution in [-0.2, 0) is 13.0 Å². The first-order chi connectivity index (χ1) is 11.9. The number of aromatic nitrogens is 1. The van der Waals surface area contributed by atoms with Gasteiger partial charge in [0.1, 0.15) is 0 Å². The Morgan fingerprint density at radius 3 is 2.71 bits per heavy atom. The average Bonchev–Trinajstić information content (AvgIpc) is 3.14. The van der Waals surface area contributed by atoms with Crippen molar-refractivity contribution in [3.8, 4) is 0 Å². The van der Waals surface area contributed by atoms with Crippen LogP contribution in [0.4, 0.5) is 0 Å². The van der Waals surface area contributed by atoms with E-state index >= 15 is 0 Å². The lowest BCUT2D eigenvalue weighted by Gasteiger charge is -2.32. The third kappa shape index (κ3) is 6.00. The van der Waals surface area contributed by atoms with Crippen LogP contribution in [0.25, 0.3) is 0 Å². The molecule has 1 N–H and O–H groups in total. The third-order valence-electron chi connectivity index (χ3n) is 4.94. The number of unbranched alkanes of at least 4 members (excludes halogenated alkanes) is 1. The number of piperidine rings is 1. The molecule has 0 saturated carbocycles. The van der Waals surface area contributed by atoms with E-state index < -0.39 is 0 Å². The van der Waals surface area contributed by atoms with Crippen molar-refractivity contribution in [3.63, 3.8) is 0 Å². The summed E-state index contributed by atoms with van der Waals surface area (Å²) in [6.07, 6.45) is 6.53. The highest BCUT2D eigenvalue weighted by Crippen LogP contribution is 2.21. The number of rotatable bonds is 9. The maximum atomic E-state index is 4.29. The van der Waals surface area contributed by atoms with E-state index in [0.29, 0.717) is 0 Å². The number of likely N-dealkylation sites (tertiary alicyclic amines) is 1. The summed E-state index contributed by atoms with van der Waals surface area (Å²) in [5.74, 6) is 0.878. The number of hydrogen-bond acceptors (Lipinski definition) is 4. The maximum Gasteiger partial charge on any atom is 0.0795 e. The van der Waals surface area contributed by atoms with E-state index in [1.807, 2.05) is 5.51 Å². The van der Waals surface area contributed by atoms with Crippen molar-refractivity contribution in [1.82, 2.24) is 15.2 Å². The molecule has 0 aliphatic carbocycles. The minimum atomic E-state index is 0.878. The number of nitrogens with zero attached hydrogens (tertiary/aromatic N) is 2. The number of nitrogens with one attached hydrogen (secondary N) is 1. The van der Waals surface area contributed by atoms with Crippen LogP contribution < -0.4 is 5.32 Å². The molecule has 2 aromatic rings. The highest BCUT2D eigenvalue weighted by Gasteiger charge is 2.18. The van der Waals surface area contributed by atoms with Gasteiger partial charge in [0.15, 0.2) is 0 Å². The van der Waals surface area contributed by atoms with Gasteiger partial charge in [-0.15, -0.1) is 11.3 Å². The predicted octanol–water partition coefficient (Wildman–Crippen LogP) is 3.97. The Morgan fingerprint density at radius 1 is 1.12 bits per heavy atom. The molecule has 3 rings (SSSR count). The molecule has 1 aliphatic heterocycles. The minimum absolute atomic E-state index is 0.878. The second kappa shape index (κ2) is 9.92. The molecule has 0 amide bonds. The molecule has 1 fully saturated rings. The summed E-state index contributed by atoms with van der Waals surface area (Å²) in [6, 6.07) is 11.0. The summed E-state index contributed by atoms with van der Waals surface area (Å²) >= 11 is 1.67. The van der Waals surface area contributed by atoms with Crippen molar-refractivity contribution < 1.29 is 0 Å². The molecule has 1 aromatic carbocycles. The molecule has 0 bridgehead atoms. The van der Waals surface area contributed by atoms with Gasteiger partial charge in [0, 0.05) is 11.9 Å². The molecular formula is C20H29N3S. The smallest absolute Gasteiger partial charge is 0.0795 e. The summed E-state index contributed by atoms with van der Waals surface area (Å²) < 4.78 is 0. The van der Waals surface area contributed by atoms with Crippen LogP contribution in [0.15, 0.2) is 41.2 Å². The molecule has 0 radical (unpaired) electrons. The Morgan fingerprint density at radius 2 is 1.96 bits per heavy atom. The highest BCUT2D eigenvalue weighted by atomic mass is 32.1. The number of thiazole rings is 1. The quantitative estimate of drug-likeness (QED) is 0.698. The first kappa shape index (κ1) is 17.6. The molecule has 1 aromatic heterocycles. The van der Waals surface area contributed by atoms with E-state index in [4.69, 9.17) is 0 Å². The summed E-state index contributed by atoms with van der Waals surface area (Å²) in [5, 5.41) is 5.60. The number of hydrogen-bond donors (Lipinski definition) is 1. The average molecular weight is 344 g/mol. The van der Waals surface area contributed by atoms with Crippen LogP contribution in [0.1, 0.15) is 36.9 Å². The molecule has 0 spiro atoms. The maximum absolute atomic E-state index is 4.29. The molecule has 3 nitrogen and oxygen atoms in total. The van der Waals surface area contributed by atoms with Crippen molar-refractivity contribution in [3.05, 3.63) is 52.5 Å². The van der Waals surface area contributed by atoms with Gasteiger partial charge in [0.05, 0.1) is 11.2 Å². The fraction of sp³-hybridized carbons (Fsp3) is 0.550. The van der Waals surface area contributed by atoms with Crippen molar-refractivity contribution in [2.45, 2.75) is 38.6 Å². The predicted molar refractivity (Wildman–Crippen MR) is 102 cm³/mol. The standard InChI is InChI=1S/C20H29N3S/c1-2-6-18(7-3-1)14-19-8-12-23(13-9-19)11-5-4-10-21-15-20-16-24-17-22-20/h1-3,6-7,16-17,19,21H,4-5,8-15H2. The number of benzene rings is 1. The van der Waals surface area contributed by atoms with Crippen LogP contribution in [0.5, 0.6) is 0 Å². The van der Waals surface area contributed by atoms with Gasteiger partial charge in [-0.3, -0.25) is 0 Å². The summed E-state index contributed by atoms with van der Waals surface area (Å²) in [4.78, 5) is 6.95. The third-order valence-corrected chi connectivity index (χ3v) is 5.58. The lowest BCUT2D eigenvalue weighted by Crippen LogP contribution is -2.35. The van der Waals surface area contributed by atoms with E-state index in [0.717, 1.165) is 19.0 Å². The summed E-state index contributed by atoms with van der Waals surface area (Å²) in [6.45, 7) is 5.83. The second-order valence-electron chi connectivity index (χ2n) is 6.84. The molecule has 1 aliphatic rings. The van der Waals surface area contributed by atoms with Crippen LogP contribution in [-0.4, -0.2) is 36.1 Å². The fourth-order valence-corrected chi connectivity index (χ4v) is 4.05. The first-order valence-electron chi connectivity index (χ1n) is 9.24. The van der Waals surface area contributed by atoms with Gasteiger partial charge in [-0.2, -0.15) is 0 Å². The Labute approximate surface area is 150 Å². The van der Waals surface area contributed by atoms with Crippen molar-refractivity contribution in [1.29, 1.82) is 0 Å². The van der Waals surface area contributed by atoms with Crippen molar-refractivity contribution in [2.75, 3.05) is 26.2 Å². The lowest BCUT2D eigenvalue weighted by molar-refractivity contribution is 0.181. The van der Waals surface area contributed by atoms with Crippen LogP contribution in [0.3, 0.4) is 0 Å². The molecule has 4 heteroatoms. The van der Waals surface area contributed by atoms with Crippen molar-refractivity contribution >= 4 is 11.3 Å². The monoisotopic (exact) mass is 343 g/mol. The second-order valence-corrected chi connectivity index (χ2v) is 7.56. The minimum Gasteiger partial charge on any atom is -0.311 e. The summed E-state index contributed by atoms with van der Waals surface area (Å²) in [5.41, 5.74) is 4.57. The Hall–Kier alpha value is -1.23. The van der Waals surface area contributed by atoms with Crippen LogP contribution in [0.2, 0.25) is 0 Å². The molecule has 130 valence electrons. The van der Waals surface area contributed by atoms with E-state index in [-0.39, 0.29) is 0 Å². The zero-order valence-corrected chi connectivity index (χ0v) is 15.3. The van der Waals surface area contributed by atoms with E-state index in [1.54, 1.807) is 11.3 Å².